The van der Waals surface area contributed by atoms with E-state index in [9.17, 15) is 0 Å². The van der Waals surface area contributed by atoms with Crippen LogP contribution < -0.4 is 5.32 Å². The highest BCUT2D eigenvalue weighted by Crippen LogP contribution is 2.34. The maximum absolute atomic E-state index is 4.63. The molecular weight excluding hydrogens is 314 g/mol. The Labute approximate surface area is 132 Å². The molecule has 0 aliphatic carbocycles. The smallest absolute Gasteiger partial charge is 0.0766 e. The maximum Gasteiger partial charge on any atom is 0.0766 e. The molecule has 0 saturated heterocycles. The number of rotatable bonds is 9. The molecule has 0 aliphatic heterocycles. The van der Waals surface area contributed by atoms with Gasteiger partial charge < -0.3 is 5.32 Å². The zero-order chi connectivity index (χ0) is 15.2. The molecule has 0 amide bonds. The van der Waals surface area contributed by atoms with Gasteiger partial charge in [-0.05, 0) is 60.0 Å². The molecule has 0 saturated carbocycles. The first-order valence-electron chi connectivity index (χ1n) is 7.94. The lowest BCUT2D eigenvalue weighted by Gasteiger charge is -2.32. The SMILES string of the molecule is CCCNCC(CC)(CC)Cc1c(Br)c(CC)nn1C. The highest BCUT2D eigenvalue weighted by molar-refractivity contribution is 9.10. The lowest BCUT2D eigenvalue weighted by atomic mass is 9.78. The van der Waals surface area contributed by atoms with E-state index in [4.69, 9.17) is 0 Å². The summed E-state index contributed by atoms with van der Waals surface area (Å²) >= 11 is 3.75. The lowest BCUT2D eigenvalue weighted by Crippen LogP contribution is -2.36. The van der Waals surface area contributed by atoms with Crippen LogP contribution in [0.4, 0.5) is 0 Å². The molecule has 0 aliphatic rings. The van der Waals surface area contributed by atoms with E-state index in [1.165, 1.54) is 35.1 Å². The van der Waals surface area contributed by atoms with Gasteiger partial charge in [0.1, 0.15) is 0 Å². The van der Waals surface area contributed by atoms with Crippen molar-refractivity contribution in [2.75, 3.05) is 13.1 Å². The van der Waals surface area contributed by atoms with Crippen molar-refractivity contribution in [3.05, 3.63) is 15.9 Å². The zero-order valence-corrected chi connectivity index (χ0v) is 15.3. The second-order valence-electron chi connectivity index (χ2n) is 5.75. The standard InChI is InChI=1S/C16H30BrN3/c1-6-10-18-12-16(8-3,9-4)11-14-15(17)13(7-2)19-20(14)5/h18H,6-12H2,1-5H3. The molecule has 116 valence electrons. The number of hydrogen-bond acceptors (Lipinski definition) is 2. The monoisotopic (exact) mass is 343 g/mol. The predicted octanol–water partition coefficient (Wildman–Crippen LogP) is 4.09. The Kier molecular flexibility index (Phi) is 7.24. The molecule has 0 unspecified atom stereocenters. The van der Waals surface area contributed by atoms with E-state index in [0.717, 1.165) is 25.9 Å². The minimum atomic E-state index is 0.330. The van der Waals surface area contributed by atoms with Crippen LogP contribution in [-0.4, -0.2) is 22.9 Å². The Morgan fingerprint density at radius 2 is 1.85 bits per heavy atom. The summed E-state index contributed by atoms with van der Waals surface area (Å²) in [7, 11) is 2.06. The molecule has 1 rings (SSSR count). The molecule has 1 N–H and O–H groups in total. The molecular formula is C16H30BrN3. The van der Waals surface area contributed by atoms with Crippen LogP contribution in [0.1, 0.15) is 58.3 Å². The van der Waals surface area contributed by atoms with E-state index in [0.29, 0.717) is 5.41 Å². The number of halogens is 1. The normalized spacial score (nSPS) is 12.1. The Balaban J connectivity index is 2.92. The molecule has 1 aromatic heterocycles. The fourth-order valence-electron chi connectivity index (χ4n) is 2.71. The van der Waals surface area contributed by atoms with Gasteiger partial charge in [-0.25, -0.2) is 0 Å². The van der Waals surface area contributed by atoms with Crippen LogP contribution >= 0.6 is 15.9 Å². The highest BCUT2D eigenvalue weighted by atomic mass is 79.9. The Bertz CT molecular complexity index is 408. The summed E-state index contributed by atoms with van der Waals surface area (Å²) in [6.07, 6.45) is 5.64. The average molecular weight is 344 g/mol. The number of hydrogen-bond donors (Lipinski definition) is 1. The van der Waals surface area contributed by atoms with E-state index >= 15 is 0 Å². The average Bonchev–Trinajstić information content (AvgIpc) is 2.73. The molecule has 3 nitrogen and oxygen atoms in total. The summed E-state index contributed by atoms with van der Waals surface area (Å²) in [6.45, 7) is 11.2. The Morgan fingerprint density at radius 3 is 2.30 bits per heavy atom. The van der Waals surface area contributed by atoms with Gasteiger partial charge >= 0.3 is 0 Å². The second kappa shape index (κ2) is 8.18. The number of nitrogens with one attached hydrogen (secondary N) is 1. The number of nitrogens with zero attached hydrogens (tertiary/aromatic N) is 2. The van der Waals surface area contributed by atoms with Crippen molar-refractivity contribution < 1.29 is 0 Å². The van der Waals surface area contributed by atoms with Gasteiger partial charge in [-0.1, -0.05) is 27.7 Å². The van der Waals surface area contributed by atoms with Crippen molar-refractivity contribution in [3.63, 3.8) is 0 Å². The van der Waals surface area contributed by atoms with Gasteiger partial charge in [-0.3, -0.25) is 4.68 Å². The number of aromatic nitrogens is 2. The fourth-order valence-corrected chi connectivity index (χ4v) is 3.47. The topological polar surface area (TPSA) is 29.9 Å². The van der Waals surface area contributed by atoms with E-state index in [1.54, 1.807) is 0 Å². The Morgan fingerprint density at radius 1 is 1.20 bits per heavy atom. The molecule has 0 radical (unpaired) electrons. The minimum absolute atomic E-state index is 0.330. The van der Waals surface area contributed by atoms with Gasteiger partial charge in [0.05, 0.1) is 15.9 Å². The third-order valence-electron chi connectivity index (χ3n) is 4.47. The first kappa shape index (κ1) is 17.7. The second-order valence-corrected chi connectivity index (χ2v) is 6.54. The van der Waals surface area contributed by atoms with Crippen molar-refractivity contribution in [2.45, 2.75) is 59.8 Å². The molecule has 1 heterocycles. The lowest BCUT2D eigenvalue weighted by molar-refractivity contribution is 0.241. The summed E-state index contributed by atoms with van der Waals surface area (Å²) in [6, 6.07) is 0. The van der Waals surface area contributed by atoms with Crippen LogP contribution in [-0.2, 0) is 19.9 Å². The van der Waals surface area contributed by atoms with Crippen LogP contribution in [0.25, 0.3) is 0 Å². The van der Waals surface area contributed by atoms with Crippen molar-refractivity contribution in [2.24, 2.45) is 12.5 Å². The molecule has 1 aromatic rings. The summed E-state index contributed by atoms with van der Waals surface area (Å²) in [5, 5.41) is 8.24. The van der Waals surface area contributed by atoms with E-state index in [1.807, 2.05) is 0 Å². The van der Waals surface area contributed by atoms with Gasteiger partial charge in [0.25, 0.3) is 0 Å². The molecule has 20 heavy (non-hydrogen) atoms. The van der Waals surface area contributed by atoms with Crippen LogP contribution in [0.3, 0.4) is 0 Å². The van der Waals surface area contributed by atoms with E-state index in [-0.39, 0.29) is 0 Å². The summed E-state index contributed by atoms with van der Waals surface area (Å²) in [4.78, 5) is 0. The summed E-state index contributed by atoms with van der Waals surface area (Å²) in [5.74, 6) is 0. The minimum Gasteiger partial charge on any atom is -0.316 e. The van der Waals surface area contributed by atoms with E-state index < -0.39 is 0 Å². The van der Waals surface area contributed by atoms with Crippen molar-refractivity contribution in [1.29, 1.82) is 0 Å². The summed E-state index contributed by atoms with van der Waals surface area (Å²) in [5.41, 5.74) is 2.84. The van der Waals surface area contributed by atoms with Crippen molar-refractivity contribution in [1.82, 2.24) is 15.1 Å². The summed E-state index contributed by atoms with van der Waals surface area (Å²) < 4.78 is 3.27. The first-order chi connectivity index (χ1) is 9.53. The zero-order valence-electron chi connectivity index (χ0n) is 13.7. The third-order valence-corrected chi connectivity index (χ3v) is 5.39. The maximum atomic E-state index is 4.63. The molecule has 0 fully saturated rings. The quantitative estimate of drug-likeness (QED) is 0.684. The molecule has 0 aromatic carbocycles. The van der Waals surface area contributed by atoms with Crippen molar-refractivity contribution >= 4 is 15.9 Å². The van der Waals surface area contributed by atoms with Gasteiger partial charge in [0.2, 0.25) is 0 Å². The highest BCUT2D eigenvalue weighted by Gasteiger charge is 2.29. The number of aryl methyl sites for hydroxylation is 2. The molecule has 0 bridgehead atoms. The van der Waals surface area contributed by atoms with Gasteiger partial charge in [-0.15, -0.1) is 0 Å². The van der Waals surface area contributed by atoms with Crippen LogP contribution in [0.2, 0.25) is 0 Å². The van der Waals surface area contributed by atoms with Gasteiger partial charge in [0.15, 0.2) is 0 Å². The molecule has 0 atom stereocenters. The van der Waals surface area contributed by atoms with E-state index in [2.05, 4.69) is 65.8 Å². The Hall–Kier alpha value is -0.350. The van der Waals surface area contributed by atoms with Crippen LogP contribution in [0.15, 0.2) is 4.47 Å². The van der Waals surface area contributed by atoms with Crippen LogP contribution in [0, 0.1) is 5.41 Å². The van der Waals surface area contributed by atoms with Crippen molar-refractivity contribution in [3.8, 4) is 0 Å². The van der Waals surface area contributed by atoms with Gasteiger partial charge in [-0.2, -0.15) is 5.10 Å². The molecule has 0 spiro atoms. The van der Waals surface area contributed by atoms with Gasteiger partial charge in [0, 0.05) is 13.6 Å². The largest absolute Gasteiger partial charge is 0.316 e. The molecule has 4 heteroatoms. The fraction of sp³-hybridized carbons (Fsp3) is 0.812. The third kappa shape index (κ3) is 4.08. The van der Waals surface area contributed by atoms with Crippen LogP contribution in [0.5, 0.6) is 0 Å². The predicted molar refractivity (Wildman–Crippen MR) is 90.2 cm³/mol. The first-order valence-corrected chi connectivity index (χ1v) is 8.73.